The van der Waals surface area contributed by atoms with Crippen LogP contribution in [-0.2, 0) is 0 Å². The van der Waals surface area contributed by atoms with E-state index in [1.165, 1.54) is 0 Å². The largest absolute Gasteiger partial charge is 0.496 e. The molecule has 1 aromatic rings. The highest BCUT2D eigenvalue weighted by Gasteiger charge is 2.16. The Labute approximate surface area is 90.9 Å². The SMILES string of the molecule is COc1ccc([C@@H](O)[C@H](C)N)c(C)c1C. The average molecular weight is 209 g/mol. The van der Waals surface area contributed by atoms with Gasteiger partial charge in [-0.3, -0.25) is 0 Å². The van der Waals surface area contributed by atoms with Crippen LogP contribution < -0.4 is 10.5 Å². The lowest BCUT2D eigenvalue weighted by Crippen LogP contribution is -2.25. The zero-order valence-corrected chi connectivity index (χ0v) is 9.74. The number of nitrogens with two attached hydrogens (primary N) is 1. The third kappa shape index (κ3) is 2.30. The summed E-state index contributed by atoms with van der Waals surface area (Å²) >= 11 is 0. The summed E-state index contributed by atoms with van der Waals surface area (Å²) < 4.78 is 5.21. The molecule has 1 rings (SSSR count). The van der Waals surface area contributed by atoms with Crippen LogP contribution in [0.2, 0.25) is 0 Å². The van der Waals surface area contributed by atoms with Crippen molar-refractivity contribution in [1.29, 1.82) is 0 Å². The van der Waals surface area contributed by atoms with E-state index in [1.54, 1.807) is 14.0 Å². The molecule has 0 aliphatic carbocycles. The van der Waals surface area contributed by atoms with Gasteiger partial charge in [0.25, 0.3) is 0 Å². The maximum atomic E-state index is 9.90. The number of hydrogen-bond donors (Lipinski definition) is 2. The number of ether oxygens (including phenoxy) is 1. The van der Waals surface area contributed by atoms with Gasteiger partial charge in [0, 0.05) is 6.04 Å². The summed E-state index contributed by atoms with van der Waals surface area (Å²) in [5, 5.41) is 9.90. The molecule has 0 heterocycles. The lowest BCUT2D eigenvalue weighted by Gasteiger charge is -2.19. The van der Waals surface area contributed by atoms with E-state index in [2.05, 4.69) is 0 Å². The Morgan fingerprint density at radius 3 is 2.33 bits per heavy atom. The van der Waals surface area contributed by atoms with Gasteiger partial charge in [0.05, 0.1) is 13.2 Å². The van der Waals surface area contributed by atoms with E-state index >= 15 is 0 Å². The number of benzene rings is 1. The first-order valence-electron chi connectivity index (χ1n) is 5.06. The maximum Gasteiger partial charge on any atom is 0.122 e. The molecule has 0 bridgehead atoms. The minimum Gasteiger partial charge on any atom is -0.496 e. The van der Waals surface area contributed by atoms with Crippen molar-refractivity contribution in [1.82, 2.24) is 0 Å². The minimum atomic E-state index is -0.616. The van der Waals surface area contributed by atoms with Crippen LogP contribution in [0.3, 0.4) is 0 Å². The van der Waals surface area contributed by atoms with Crippen LogP contribution in [-0.4, -0.2) is 18.3 Å². The summed E-state index contributed by atoms with van der Waals surface area (Å²) in [6.45, 7) is 5.74. The molecule has 3 N–H and O–H groups in total. The molecule has 1 aromatic carbocycles. The van der Waals surface area contributed by atoms with Crippen LogP contribution in [0.15, 0.2) is 12.1 Å². The Hall–Kier alpha value is -1.06. The first kappa shape index (κ1) is 12.0. The van der Waals surface area contributed by atoms with Crippen molar-refractivity contribution < 1.29 is 9.84 Å². The molecular weight excluding hydrogens is 190 g/mol. The molecule has 3 nitrogen and oxygen atoms in total. The first-order valence-corrected chi connectivity index (χ1v) is 5.06. The third-order valence-corrected chi connectivity index (χ3v) is 2.82. The Morgan fingerprint density at radius 2 is 1.87 bits per heavy atom. The fraction of sp³-hybridized carbons (Fsp3) is 0.500. The van der Waals surface area contributed by atoms with Crippen molar-refractivity contribution in [2.75, 3.05) is 7.11 Å². The van der Waals surface area contributed by atoms with Crippen LogP contribution in [0.4, 0.5) is 0 Å². The van der Waals surface area contributed by atoms with E-state index in [4.69, 9.17) is 10.5 Å². The molecule has 0 amide bonds. The number of aliphatic hydroxyl groups is 1. The Balaban J connectivity index is 3.17. The molecule has 0 saturated heterocycles. The average Bonchev–Trinajstić information content (AvgIpc) is 2.21. The molecule has 3 heteroatoms. The molecule has 0 unspecified atom stereocenters. The highest BCUT2D eigenvalue weighted by molar-refractivity contribution is 5.44. The van der Waals surface area contributed by atoms with Gasteiger partial charge in [-0.15, -0.1) is 0 Å². The van der Waals surface area contributed by atoms with Crippen LogP contribution in [0.1, 0.15) is 29.7 Å². The lowest BCUT2D eigenvalue weighted by molar-refractivity contribution is 0.152. The summed E-state index contributed by atoms with van der Waals surface area (Å²) in [5.41, 5.74) is 8.65. The second-order valence-electron chi connectivity index (χ2n) is 3.91. The Morgan fingerprint density at radius 1 is 1.27 bits per heavy atom. The zero-order chi connectivity index (χ0) is 11.6. The van der Waals surface area contributed by atoms with Crippen molar-refractivity contribution in [2.45, 2.75) is 32.9 Å². The number of hydrogen-bond acceptors (Lipinski definition) is 3. The number of rotatable bonds is 3. The highest BCUT2D eigenvalue weighted by Crippen LogP contribution is 2.28. The Kier molecular flexibility index (Phi) is 3.72. The summed E-state index contributed by atoms with van der Waals surface area (Å²) in [4.78, 5) is 0. The molecule has 0 fully saturated rings. The number of methoxy groups -OCH3 is 1. The maximum absolute atomic E-state index is 9.90. The second-order valence-corrected chi connectivity index (χ2v) is 3.91. The molecule has 84 valence electrons. The summed E-state index contributed by atoms with van der Waals surface area (Å²) in [6.07, 6.45) is -0.616. The Bertz CT molecular complexity index is 348. The molecular formula is C12H19NO2. The standard InChI is InChI=1S/C12H19NO2/c1-7-8(2)11(15-4)6-5-10(7)12(14)9(3)13/h5-6,9,12,14H,13H2,1-4H3/t9-,12-/m0/s1. The monoisotopic (exact) mass is 209 g/mol. The molecule has 15 heavy (non-hydrogen) atoms. The van der Waals surface area contributed by atoms with Gasteiger partial charge in [-0.05, 0) is 43.5 Å². The van der Waals surface area contributed by atoms with Gasteiger partial charge >= 0.3 is 0 Å². The predicted octanol–water partition coefficient (Wildman–Crippen LogP) is 1.69. The first-order chi connectivity index (χ1) is 6.99. The van der Waals surface area contributed by atoms with E-state index in [0.29, 0.717) is 0 Å². The van der Waals surface area contributed by atoms with Crippen molar-refractivity contribution in [3.8, 4) is 5.75 Å². The normalized spacial score (nSPS) is 14.8. The van der Waals surface area contributed by atoms with E-state index in [-0.39, 0.29) is 6.04 Å². The topological polar surface area (TPSA) is 55.5 Å². The number of aliphatic hydroxyl groups excluding tert-OH is 1. The molecule has 0 aromatic heterocycles. The van der Waals surface area contributed by atoms with Crippen LogP contribution in [0.5, 0.6) is 5.75 Å². The van der Waals surface area contributed by atoms with Gasteiger partial charge in [-0.1, -0.05) is 6.07 Å². The fourth-order valence-electron chi connectivity index (χ4n) is 1.64. The van der Waals surface area contributed by atoms with Crippen LogP contribution >= 0.6 is 0 Å². The van der Waals surface area contributed by atoms with Crippen LogP contribution in [0, 0.1) is 13.8 Å². The van der Waals surface area contributed by atoms with Gasteiger partial charge in [-0.2, -0.15) is 0 Å². The van der Waals surface area contributed by atoms with E-state index in [1.807, 2.05) is 26.0 Å². The molecule has 0 saturated carbocycles. The zero-order valence-electron chi connectivity index (χ0n) is 9.74. The second kappa shape index (κ2) is 4.64. The molecule has 0 aliphatic heterocycles. The summed E-state index contributed by atoms with van der Waals surface area (Å²) in [7, 11) is 1.64. The smallest absolute Gasteiger partial charge is 0.122 e. The van der Waals surface area contributed by atoms with Crippen molar-refractivity contribution in [3.05, 3.63) is 28.8 Å². The lowest BCUT2D eigenvalue weighted by atomic mass is 9.95. The highest BCUT2D eigenvalue weighted by atomic mass is 16.5. The van der Waals surface area contributed by atoms with E-state index in [0.717, 1.165) is 22.4 Å². The molecule has 0 radical (unpaired) electrons. The third-order valence-electron chi connectivity index (χ3n) is 2.82. The summed E-state index contributed by atoms with van der Waals surface area (Å²) in [5.74, 6) is 0.841. The summed E-state index contributed by atoms with van der Waals surface area (Å²) in [6, 6.07) is 3.47. The van der Waals surface area contributed by atoms with Gasteiger partial charge in [-0.25, -0.2) is 0 Å². The van der Waals surface area contributed by atoms with Gasteiger partial charge in [0.2, 0.25) is 0 Å². The van der Waals surface area contributed by atoms with Gasteiger partial charge < -0.3 is 15.6 Å². The van der Waals surface area contributed by atoms with Gasteiger partial charge in [0.15, 0.2) is 0 Å². The van der Waals surface area contributed by atoms with E-state index < -0.39 is 6.10 Å². The minimum absolute atomic E-state index is 0.267. The molecule has 2 atom stereocenters. The van der Waals surface area contributed by atoms with Crippen LogP contribution in [0.25, 0.3) is 0 Å². The molecule has 0 aliphatic rings. The van der Waals surface area contributed by atoms with Crippen molar-refractivity contribution in [3.63, 3.8) is 0 Å². The van der Waals surface area contributed by atoms with Gasteiger partial charge in [0.1, 0.15) is 5.75 Å². The predicted molar refractivity (Wildman–Crippen MR) is 61.1 cm³/mol. The quantitative estimate of drug-likeness (QED) is 0.796. The van der Waals surface area contributed by atoms with E-state index in [9.17, 15) is 5.11 Å². The van der Waals surface area contributed by atoms with Crippen molar-refractivity contribution >= 4 is 0 Å². The van der Waals surface area contributed by atoms with Crippen molar-refractivity contribution in [2.24, 2.45) is 5.73 Å². The fourth-order valence-corrected chi connectivity index (χ4v) is 1.64. The molecule has 0 spiro atoms.